The predicted octanol–water partition coefficient (Wildman–Crippen LogP) is 1.76. The maximum Gasteiger partial charge on any atom is 0.297 e. The van der Waals surface area contributed by atoms with Crippen LogP contribution in [0.2, 0.25) is 0 Å². The van der Waals surface area contributed by atoms with Crippen LogP contribution in [-0.4, -0.2) is 4.98 Å². The van der Waals surface area contributed by atoms with Gasteiger partial charge < -0.3 is 5.21 Å². The number of aromatic nitrogens is 2. The maximum atomic E-state index is 10.8. The van der Waals surface area contributed by atoms with E-state index in [1.807, 2.05) is 31.2 Å². The topological polar surface area (TPSA) is 87.4 Å². The van der Waals surface area contributed by atoms with Crippen molar-refractivity contribution in [1.29, 1.82) is 10.5 Å². The summed E-state index contributed by atoms with van der Waals surface area (Å²) in [6, 6.07) is 10.8. The molecule has 2 heterocycles. The molecule has 0 aliphatic carbocycles. The Bertz CT molecular complexity index is 633. The average Bonchev–Trinajstić information content (AvgIpc) is 2.40. The summed E-state index contributed by atoms with van der Waals surface area (Å²) < 4.78 is 0.565. The summed E-state index contributed by atoms with van der Waals surface area (Å²) in [5.74, 6) is 0. The molecular formula is C14H12N4O. The molecule has 5 heteroatoms. The van der Waals surface area contributed by atoms with Crippen molar-refractivity contribution in [2.45, 2.75) is 13.8 Å². The van der Waals surface area contributed by atoms with Gasteiger partial charge in [-0.2, -0.15) is 15.3 Å². The number of nitriles is 2. The Labute approximate surface area is 111 Å². The van der Waals surface area contributed by atoms with Crippen LogP contribution in [0.3, 0.4) is 0 Å². The fourth-order valence-corrected chi connectivity index (χ4v) is 1.33. The van der Waals surface area contributed by atoms with Crippen molar-refractivity contribution in [2.75, 3.05) is 0 Å². The molecule has 0 saturated heterocycles. The van der Waals surface area contributed by atoms with E-state index in [1.165, 1.54) is 6.20 Å². The molecule has 2 rings (SSSR count). The standard InChI is InChI=1S/C7H6N2O.C7H6N2/c1-6-3-2-4-9(10)7(6)5-8;1-6-3-2-4-9-7(6)5-8/h2-4H,1H3;2-4H,1H3. The second kappa shape index (κ2) is 6.73. The van der Waals surface area contributed by atoms with Crippen LogP contribution in [0.5, 0.6) is 0 Å². The molecule has 0 spiro atoms. The van der Waals surface area contributed by atoms with Crippen LogP contribution < -0.4 is 4.73 Å². The molecule has 2 aromatic heterocycles. The van der Waals surface area contributed by atoms with Crippen LogP contribution in [0.4, 0.5) is 0 Å². The fraction of sp³-hybridized carbons (Fsp3) is 0.143. The Kier molecular flexibility index (Phi) is 5.01. The van der Waals surface area contributed by atoms with Gasteiger partial charge in [-0.25, -0.2) is 4.98 Å². The molecule has 0 saturated carbocycles. The third-order valence-electron chi connectivity index (χ3n) is 2.38. The van der Waals surface area contributed by atoms with Gasteiger partial charge in [0.1, 0.15) is 11.8 Å². The molecule has 0 bridgehead atoms. The van der Waals surface area contributed by atoms with E-state index in [-0.39, 0.29) is 5.69 Å². The SMILES string of the molecule is Cc1ccc[n+]([O-])c1C#N.Cc1cccnc1C#N. The van der Waals surface area contributed by atoms with E-state index >= 15 is 0 Å². The zero-order valence-electron chi connectivity index (χ0n) is 10.7. The van der Waals surface area contributed by atoms with E-state index in [1.54, 1.807) is 25.3 Å². The molecule has 0 radical (unpaired) electrons. The van der Waals surface area contributed by atoms with Gasteiger partial charge in [0.05, 0.1) is 0 Å². The largest absolute Gasteiger partial charge is 0.618 e. The summed E-state index contributed by atoms with van der Waals surface area (Å²) in [6.45, 7) is 3.60. The fourth-order valence-electron chi connectivity index (χ4n) is 1.33. The van der Waals surface area contributed by atoms with Crippen molar-refractivity contribution >= 4 is 0 Å². The molecular weight excluding hydrogens is 240 g/mol. The van der Waals surface area contributed by atoms with Crippen LogP contribution in [0.25, 0.3) is 0 Å². The summed E-state index contributed by atoms with van der Waals surface area (Å²) in [5.41, 5.74) is 2.32. The highest BCUT2D eigenvalue weighted by Gasteiger charge is 2.04. The summed E-state index contributed by atoms with van der Waals surface area (Å²) in [4.78, 5) is 3.84. The summed E-state index contributed by atoms with van der Waals surface area (Å²) >= 11 is 0. The third kappa shape index (κ3) is 3.79. The highest BCUT2D eigenvalue weighted by atomic mass is 16.5. The van der Waals surface area contributed by atoms with Crippen LogP contribution in [-0.2, 0) is 0 Å². The van der Waals surface area contributed by atoms with Crippen LogP contribution in [0, 0.1) is 41.7 Å². The maximum absolute atomic E-state index is 10.8. The van der Waals surface area contributed by atoms with E-state index in [9.17, 15) is 5.21 Å². The van der Waals surface area contributed by atoms with E-state index in [0.29, 0.717) is 16.0 Å². The molecule has 0 aliphatic rings. The Morgan fingerprint density at radius 3 is 2.21 bits per heavy atom. The predicted molar refractivity (Wildman–Crippen MR) is 68.5 cm³/mol. The summed E-state index contributed by atoms with van der Waals surface area (Å²) in [7, 11) is 0. The van der Waals surface area contributed by atoms with Crippen molar-refractivity contribution in [2.24, 2.45) is 0 Å². The molecule has 0 amide bonds. The third-order valence-corrected chi connectivity index (χ3v) is 2.38. The number of hydrogen-bond donors (Lipinski definition) is 0. The Morgan fingerprint density at radius 1 is 1.11 bits per heavy atom. The van der Waals surface area contributed by atoms with Crippen molar-refractivity contribution in [3.05, 3.63) is 64.4 Å². The number of pyridine rings is 2. The first-order valence-electron chi connectivity index (χ1n) is 5.50. The second-order valence-corrected chi connectivity index (χ2v) is 3.76. The molecule has 5 nitrogen and oxygen atoms in total. The van der Waals surface area contributed by atoms with Gasteiger partial charge in [-0.1, -0.05) is 6.07 Å². The minimum Gasteiger partial charge on any atom is -0.618 e. The number of nitrogens with zero attached hydrogens (tertiary/aromatic N) is 4. The van der Waals surface area contributed by atoms with Gasteiger partial charge in [-0.05, 0) is 31.5 Å². The normalized spacial score (nSPS) is 8.63. The minimum atomic E-state index is 0.169. The van der Waals surface area contributed by atoms with Crippen molar-refractivity contribution < 1.29 is 4.73 Å². The average molecular weight is 252 g/mol. The van der Waals surface area contributed by atoms with E-state index in [0.717, 1.165) is 5.56 Å². The lowest BCUT2D eigenvalue weighted by molar-refractivity contribution is -0.608. The number of rotatable bonds is 0. The highest BCUT2D eigenvalue weighted by Crippen LogP contribution is 1.99. The molecule has 0 N–H and O–H groups in total. The Hall–Kier alpha value is -2.92. The molecule has 0 fully saturated rings. The number of aryl methyl sites for hydroxylation is 2. The van der Waals surface area contributed by atoms with Crippen LogP contribution in [0.15, 0.2) is 36.7 Å². The first-order valence-corrected chi connectivity index (χ1v) is 5.50. The zero-order chi connectivity index (χ0) is 14.3. The molecule has 0 aliphatic heterocycles. The molecule has 0 atom stereocenters. The summed E-state index contributed by atoms with van der Waals surface area (Å²) in [6.07, 6.45) is 2.93. The van der Waals surface area contributed by atoms with Gasteiger partial charge in [-0.3, -0.25) is 0 Å². The minimum absolute atomic E-state index is 0.169. The monoisotopic (exact) mass is 252 g/mol. The quantitative estimate of drug-likeness (QED) is 0.528. The van der Waals surface area contributed by atoms with Gasteiger partial charge in [-0.15, -0.1) is 0 Å². The van der Waals surface area contributed by atoms with E-state index in [4.69, 9.17) is 10.5 Å². The lowest BCUT2D eigenvalue weighted by atomic mass is 10.2. The zero-order valence-corrected chi connectivity index (χ0v) is 10.7. The first kappa shape index (κ1) is 14.1. The van der Waals surface area contributed by atoms with E-state index < -0.39 is 0 Å². The second-order valence-electron chi connectivity index (χ2n) is 3.76. The first-order chi connectivity index (χ1) is 9.10. The molecule has 19 heavy (non-hydrogen) atoms. The highest BCUT2D eigenvalue weighted by molar-refractivity contribution is 5.28. The van der Waals surface area contributed by atoms with Crippen LogP contribution >= 0.6 is 0 Å². The summed E-state index contributed by atoms with van der Waals surface area (Å²) in [5, 5.41) is 27.6. The van der Waals surface area contributed by atoms with Crippen molar-refractivity contribution in [1.82, 2.24) is 4.98 Å². The van der Waals surface area contributed by atoms with Gasteiger partial charge >= 0.3 is 0 Å². The lowest BCUT2D eigenvalue weighted by Crippen LogP contribution is -2.30. The molecule has 2 aromatic rings. The van der Waals surface area contributed by atoms with Gasteiger partial charge in [0, 0.05) is 17.8 Å². The molecule has 0 unspecified atom stereocenters. The van der Waals surface area contributed by atoms with Gasteiger partial charge in [0.2, 0.25) is 0 Å². The Morgan fingerprint density at radius 2 is 1.79 bits per heavy atom. The van der Waals surface area contributed by atoms with Crippen molar-refractivity contribution in [3.63, 3.8) is 0 Å². The van der Waals surface area contributed by atoms with E-state index in [2.05, 4.69) is 4.98 Å². The number of hydrogen-bond acceptors (Lipinski definition) is 4. The van der Waals surface area contributed by atoms with Crippen molar-refractivity contribution in [3.8, 4) is 12.1 Å². The van der Waals surface area contributed by atoms with Gasteiger partial charge in [0.25, 0.3) is 5.69 Å². The Balaban J connectivity index is 0.000000191. The molecule has 0 aromatic carbocycles. The molecule has 94 valence electrons. The lowest BCUT2D eigenvalue weighted by Gasteiger charge is -1.97. The van der Waals surface area contributed by atoms with Crippen LogP contribution in [0.1, 0.15) is 22.5 Å². The smallest absolute Gasteiger partial charge is 0.297 e. The van der Waals surface area contributed by atoms with Gasteiger partial charge in [0.15, 0.2) is 12.3 Å².